The minimum atomic E-state index is -0.684. The van der Waals surface area contributed by atoms with Crippen molar-refractivity contribution in [3.8, 4) is 10.6 Å². The smallest absolute Gasteiger partial charge is 0.123 e. The van der Waals surface area contributed by atoms with Crippen molar-refractivity contribution < 1.29 is 5.11 Å². The molecule has 0 atom stereocenters. The quantitative estimate of drug-likeness (QED) is 0.822. The van der Waals surface area contributed by atoms with E-state index in [-0.39, 0.29) is 0 Å². The minimum absolute atomic E-state index is 0.449. The topological polar surface area (TPSA) is 36.4 Å². The van der Waals surface area contributed by atoms with E-state index in [1.165, 1.54) is 5.56 Å². The third kappa shape index (κ3) is 5.08. The Morgan fingerprint density at radius 2 is 2.14 bits per heavy atom. The van der Waals surface area contributed by atoms with Crippen LogP contribution in [-0.2, 0) is 12.4 Å². The van der Waals surface area contributed by atoms with E-state index in [4.69, 9.17) is 11.6 Å². The molecule has 1 aromatic carbocycles. The zero-order valence-electron chi connectivity index (χ0n) is 12.6. The monoisotopic (exact) mass is 324 g/mol. The number of aliphatic hydroxyl groups is 1. The van der Waals surface area contributed by atoms with Crippen LogP contribution in [0.5, 0.6) is 0 Å². The van der Waals surface area contributed by atoms with Gasteiger partial charge in [0.25, 0.3) is 0 Å². The number of halogens is 1. The Kier molecular flexibility index (Phi) is 5.38. The Balaban J connectivity index is 2.10. The van der Waals surface area contributed by atoms with Crippen molar-refractivity contribution in [3.63, 3.8) is 0 Å². The molecule has 1 heterocycles. The molecule has 0 unspecified atom stereocenters. The van der Waals surface area contributed by atoms with Crippen LogP contribution in [0.4, 0.5) is 0 Å². The highest BCUT2D eigenvalue weighted by Gasteiger charge is 2.15. The maximum absolute atomic E-state index is 9.87. The van der Waals surface area contributed by atoms with Crippen LogP contribution in [-0.4, -0.2) is 34.2 Å². The predicted octanol–water partition coefficient (Wildman–Crippen LogP) is 3.75. The molecule has 0 fully saturated rings. The Morgan fingerprint density at radius 1 is 1.38 bits per heavy atom. The first kappa shape index (κ1) is 16.4. The van der Waals surface area contributed by atoms with Gasteiger partial charge in [0.15, 0.2) is 0 Å². The lowest BCUT2D eigenvalue weighted by atomic mass is 10.1. The van der Waals surface area contributed by atoms with Gasteiger partial charge < -0.3 is 5.11 Å². The van der Waals surface area contributed by atoms with Crippen molar-refractivity contribution >= 4 is 22.9 Å². The summed E-state index contributed by atoms with van der Waals surface area (Å²) in [6.45, 7) is 5.07. The number of thiazole rings is 1. The molecule has 0 radical (unpaired) electrons. The summed E-state index contributed by atoms with van der Waals surface area (Å²) < 4.78 is 0. The first-order valence-corrected chi connectivity index (χ1v) is 8.29. The Morgan fingerprint density at radius 3 is 2.76 bits per heavy atom. The third-order valence-corrected chi connectivity index (χ3v) is 4.19. The van der Waals surface area contributed by atoms with Crippen LogP contribution in [0, 0.1) is 0 Å². The van der Waals surface area contributed by atoms with Crippen LogP contribution >= 0.6 is 22.9 Å². The molecule has 1 N–H and O–H groups in total. The van der Waals surface area contributed by atoms with Gasteiger partial charge in [-0.05, 0) is 32.5 Å². The van der Waals surface area contributed by atoms with Gasteiger partial charge in [-0.15, -0.1) is 22.9 Å². The maximum Gasteiger partial charge on any atom is 0.123 e. The molecular formula is C16H21ClN2OS. The number of rotatable bonds is 6. The lowest BCUT2D eigenvalue weighted by molar-refractivity contribution is 0.0425. The molecule has 0 aliphatic carbocycles. The van der Waals surface area contributed by atoms with Gasteiger partial charge in [0.1, 0.15) is 5.01 Å². The molecule has 0 amide bonds. The van der Waals surface area contributed by atoms with Crippen LogP contribution in [0.3, 0.4) is 0 Å². The lowest BCUT2D eigenvalue weighted by Crippen LogP contribution is -2.35. The summed E-state index contributed by atoms with van der Waals surface area (Å²) >= 11 is 7.42. The van der Waals surface area contributed by atoms with Gasteiger partial charge in [-0.25, -0.2) is 4.98 Å². The van der Waals surface area contributed by atoms with E-state index in [1.807, 2.05) is 32.3 Å². The van der Waals surface area contributed by atoms with Crippen molar-refractivity contribution in [1.82, 2.24) is 9.88 Å². The van der Waals surface area contributed by atoms with Crippen LogP contribution in [0.1, 0.15) is 25.1 Å². The maximum atomic E-state index is 9.87. The molecule has 0 saturated heterocycles. The standard InChI is InChI=1S/C16H21ClN2OS/c1-16(2,20)11-19(3)9-12-5-4-6-13(7-12)15-18-14(8-17)10-21-15/h4-7,10,20H,8-9,11H2,1-3H3. The highest BCUT2D eigenvalue weighted by atomic mass is 35.5. The molecule has 2 rings (SSSR count). The predicted molar refractivity (Wildman–Crippen MR) is 89.7 cm³/mol. The number of hydrogen-bond acceptors (Lipinski definition) is 4. The largest absolute Gasteiger partial charge is 0.389 e. The van der Waals surface area contributed by atoms with E-state index in [1.54, 1.807) is 11.3 Å². The molecule has 1 aromatic heterocycles. The molecule has 0 spiro atoms. The fourth-order valence-electron chi connectivity index (χ4n) is 2.33. The summed E-state index contributed by atoms with van der Waals surface area (Å²) in [6, 6.07) is 8.36. The second-order valence-electron chi connectivity index (χ2n) is 5.96. The van der Waals surface area contributed by atoms with E-state index in [0.29, 0.717) is 12.4 Å². The zero-order chi connectivity index (χ0) is 15.5. The van der Waals surface area contributed by atoms with Crippen LogP contribution < -0.4 is 0 Å². The molecule has 0 aliphatic rings. The van der Waals surface area contributed by atoms with Crippen molar-refractivity contribution in [2.75, 3.05) is 13.6 Å². The highest BCUT2D eigenvalue weighted by Crippen LogP contribution is 2.25. The van der Waals surface area contributed by atoms with E-state index in [0.717, 1.165) is 22.8 Å². The summed E-state index contributed by atoms with van der Waals surface area (Å²) in [5.41, 5.74) is 2.56. The summed E-state index contributed by atoms with van der Waals surface area (Å²) in [7, 11) is 2.01. The van der Waals surface area contributed by atoms with Crippen LogP contribution in [0.2, 0.25) is 0 Å². The van der Waals surface area contributed by atoms with Crippen molar-refractivity contribution in [1.29, 1.82) is 0 Å². The van der Waals surface area contributed by atoms with Gasteiger partial charge in [-0.3, -0.25) is 4.90 Å². The Hall–Kier alpha value is -0.940. The lowest BCUT2D eigenvalue weighted by Gasteiger charge is -2.25. The van der Waals surface area contributed by atoms with Crippen molar-refractivity contribution in [3.05, 3.63) is 40.9 Å². The van der Waals surface area contributed by atoms with Crippen LogP contribution in [0.25, 0.3) is 10.6 Å². The summed E-state index contributed by atoms with van der Waals surface area (Å²) in [5.74, 6) is 0.449. The van der Waals surface area contributed by atoms with Gasteiger partial charge in [-0.2, -0.15) is 0 Å². The van der Waals surface area contributed by atoms with Crippen molar-refractivity contribution in [2.45, 2.75) is 31.9 Å². The summed E-state index contributed by atoms with van der Waals surface area (Å²) in [6.07, 6.45) is 0. The minimum Gasteiger partial charge on any atom is -0.389 e. The number of alkyl halides is 1. The zero-order valence-corrected chi connectivity index (χ0v) is 14.2. The number of likely N-dealkylation sites (N-methyl/N-ethyl adjacent to an activating group) is 1. The first-order valence-electron chi connectivity index (χ1n) is 6.88. The summed E-state index contributed by atoms with van der Waals surface area (Å²) in [5, 5.41) is 12.9. The number of hydrogen-bond donors (Lipinski definition) is 1. The van der Waals surface area contributed by atoms with E-state index < -0.39 is 5.60 Å². The second-order valence-corrected chi connectivity index (χ2v) is 7.09. The SMILES string of the molecule is CN(Cc1cccc(-c2nc(CCl)cs2)c1)CC(C)(C)O. The molecule has 3 nitrogen and oxygen atoms in total. The molecule has 0 aliphatic heterocycles. The fraction of sp³-hybridized carbons (Fsp3) is 0.438. The average molecular weight is 325 g/mol. The number of nitrogens with zero attached hydrogens (tertiary/aromatic N) is 2. The van der Waals surface area contributed by atoms with Gasteiger partial charge in [0.2, 0.25) is 0 Å². The molecule has 114 valence electrons. The number of benzene rings is 1. The van der Waals surface area contributed by atoms with Gasteiger partial charge in [-0.1, -0.05) is 18.2 Å². The molecule has 0 bridgehead atoms. The molecule has 2 aromatic rings. The molecule has 0 saturated carbocycles. The van der Waals surface area contributed by atoms with Gasteiger partial charge in [0.05, 0.1) is 17.2 Å². The first-order chi connectivity index (χ1) is 9.87. The Labute approximate surface area is 135 Å². The molecule has 5 heteroatoms. The molecular weight excluding hydrogens is 304 g/mol. The van der Waals surface area contributed by atoms with Gasteiger partial charge >= 0.3 is 0 Å². The highest BCUT2D eigenvalue weighted by molar-refractivity contribution is 7.13. The fourth-order valence-corrected chi connectivity index (χ4v) is 3.38. The van der Waals surface area contributed by atoms with E-state index in [2.05, 4.69) is 28.1 Å². The van der Waals surface area contributed by atoms with Gasteiger partial charge in [0, 0.05) is 24.0 Å². The van der Waals surface area contributed by atoms with E-state index >= 15 is 0 Å². The van der Waals surface area contributed by atoms with Crippen LogP contribution in [0.15, 0.2) is 29.6 Å². The Bertz CT molecular complexity index is 592. The average Bonchev–Trinajstić information content (AvgIpc) is 2.85. The van der Waals surface area contributed by atoms with Crippen molar-refractivity contribution in [2.24, 2.45) is 0 Å². The summed E-state index contributed by atoms with van der Waals surface area (Å²) in [4.78, 5) is 6.63. The molecule has 21 heavy (non-hydrogen) atoms. The van der Waals surface area contributed by atoms with E-state index in [9.17, 15) is 5.11 Å². The second kappa shape index (κ2) is 6.88. The third-order valence-electron chi connectivity index (χ3n) is 2.97. The normalized spacial score (nSPS) is 12.1. The number of aromatic nitrogens is 1.